The highest BCUT2D eigenvalue weighted by Crippen LogP contribution is 2.26. The molecule has 2 heteroatoms. The SMILES string of the molecule is C=C/C(=C\C=C(/C)Cc1ccc(Nc2ccccc2C)cc1)Nc1ccccc1C(/C=C\C)=C/C.C=C/C=C\C=C.CC. The van der Waals surface area contributed by atoms with Gasteiger partial charge < -0.3 is 10.6 Å². The van der Waals surface area contributed by atoms with Crippen LogP contribution in [0.5, 0.6) is 0 Å². The molecule has 0 bridgehead atoms. The molecule has 2 N–H and O–H groups in total. The van der Waals surface area contributed by atoms with Gasteiger partial charge in [-0.15, -0.1) is 0 Å². The summed E-state index contributed by atoms with van der Waals surface area (Å²) in [4.78, 5) is 0. The van der Waals surface area contributed by atoms with E-state index in [2.05, 4.69) is 148 Å². The predicted octanol–water partition coefficient (Wildman–Crippen LogP) is 12.3. The van der Waals surface area contributed by atoms with Gasteiger partial charge in [0.05, 0.1) is 0 Å². The molecule has 3 aromatic carbocycles. The lowest BCUT2D eigenvalue weighted by Gasteiger charge is -2.13. The fourth-order valence-electron chi connectivity index (χ4n) is 4.03. The van der Waals surface area contributed by atoms with Gasteiger partial charge in [-0.25, -0.2) is 0 Å². The summed E-state index contributed by atoms with van der Waals surface area (Å²) in [6.07, 6.45) is 20.4. The molecule has 0 unspecified atom stereocenters. The van der Waals surface area contributed by atoms with Crippen molar-refractivity contribution < 1.29 is 0 Å². The Kier molecular flexibility index (Phi) is 18.4. The first-order valence-electron chi connectivity index (χ1n) is 14.9. The first kappa shape index (κ1) is 36.2. The molecule has 0 fully saturated rings. The van der Waals surface area contributed by atoms with Crippen molar-refractivity contribution >= 4 is 22.6 Å². The minimum Gasteiger partial charge on any atom is -0.355 e. The van der Waals surface area contributed by atoms with Crippen molar-refractivity contribution in [3.8, 4) is 0 Å². The van der Waals surface area contributed by atoms with Gasteiger partial charge in [0.2, 0.25) is 0 Å². The first-order valence-corrected chi connectivity index (χ1v) is 14.9. The quantitative estimate of drug-likeness (QED) is 0.212. The maximum atomic E-state index is 4.00. The van der Waals surface area contributed by atoms with Crippen molar-refractivity contribution in [1.29, 1.82) is 0 Å². The lowest BCUT2D eigenvalue weighted by Crippen LogP contribution is -2.00. The summed E-state index contributed by atoms with van der Waals surface area (Å²) in [6.45, 7) is 23.3. The van der Waals surface area contributed by atoms with Crippen molar-refractivity contribution in [2.24, 2.45) is 0 Å². The van der Waals surface area contributed by atoms with E-state index in [9.17, 15) is 0 Å². The molecule has 43 heavy (non-hydrogen) atoms. The molecule has 0 radical (unpaired) electrons. The molecule has 2 nitrogen and oxygen atoms in total. The Bertz CT molecular complexity index is 1420. The third-order valence-electron chi connectivity index (χ3n) is 6.19. The Morgan fingerprint density at radius 3 is 1.93 bits per heavy atom. The monoisotopic (exact) mass is 570 g/mol. The van der Waals surface area contributed by atoms with Crippen LogP contribution >= 0.6 is 0 Å². The molecule has 0 spiro atoms. The van der Waals surface area contributed by atoms with Crippen LogP contribution in [-0.4, -0.2) is 0 Å². The lowest BCUT2D eigenvalue weighted by atomic mass is 10.0. The number of hydrogen-bond donors (Lipinski definition) is 2. The van der Waals surface area contributed by atoms with Crippen molar-refractivity contribution in [2.75, 3.05) is 10.6 Å². The summed E-state index contributed by atoms with van der Waals surface area (Å²) in [7, 11) is 0. The first-order chi connectivity index (χ1) is 20.9. The lowest BCUT2D eigenvalue weighted by molar-refractivity contribution is 1.14. The molecule has 0 aliphatic rings. The van der Waals surface area contributed by atoms with E-state index in [1.807, 2.05) is 45.1 Å². The Balaban J connectivity index is 0.00000103. The standard InChI is InChI=1S/C33H36N2.C6H8.C2H6/c1-6-13-28(7-2)31-15-10-12-17-33(31)34-29(8-3)21-18-25(4)24-27-19-22-30(23-20-27)35-32-16-11-9-14-26(32)5;1-3-5-6-4-2;1-2/h6-23,34-35H,3,24H2,1-2,4-5H3;3-6H,1-2H2;1-2H3/b13-6-,25-18+,28-7+,29-21+;6-5-;. The minimum atomic E-state index is 0.895. The van der Waals surface area contributed by atoms with Gasteiger partial charge in [0.25, 0.3) is 0 Å². The van der Waals surface area contributed by atoms with E-state index in [-0.39, 0.29) is 0 Å². The highest BCUT2D eigenvalue weighted by atomic mass is 14.9. The molecule has 0 amide bonds. The van der Waals surface area contributed by atoms with Crippen LogP contribution in [0.25, 0.3) is 5.57 Å². The third-order valence-corrected chi connectivity index (χ3v) is 6.19. The van der Waals surface area contributed by atoms with E-state index in [4.69, 9.17) is 0 Å². The van der Waals surface area contributed by atoms with Crippen LogP contribution in [0.15, 0.2) is 165 Å². The Labute approximate surface area is 262 Å². The van der Waals surface area contributed by atoms with Gasteiger partial charge in [-0.1, -0.05) is 136 Å². The van der Waals surface area contributed by atoms with Crippen LogP contribution in [0.2, 0.25) is 0 Å². The second-order valence-electron chi connectivity index (χ2n) is 9.42. The van der Waals surface area contributed by atoms with Crippen LogP contribution in [0.1, 0.15) is 51.3 Å². The fourth-order valence-corrected chi connectivity index (χ4v) is 4.03. The highest BCUT2D eigenvalue weighted by Gasteiger charge is 2.05. The number of rotatable bonds is 12. The van der Waals surface area contributed by atoms with Gasteiger partial charge in [0, 0.05) is 28.3 Å². The summed E-state index contributed by atoms with van der Waals surface area (Å²) in [5.74, 6) is 0. The smallest absolute Gasteiger partial charge is 0.0463 e. The second kappa shape index (κ2) is 21.9. The molecule has 0 aliphatic heterocycles. The molecular weight excluding hydrogens is 520 g/mol. The van der Waals surface area contributed by atoms with Crippen LogP contribution in [-0.2, 0) is 6.42 Å². The van der Waals surface area contributed by atoms with E-state index in [1.54, 1.807) is 12.2 Å². The normalized spacial score (nSPS) is 11.6. The zero-order valence-electron chi connectivity index (χ0n) is 27.0. The van der Waals surface area contributed by atoms with Gasteiger partial charge in [0.1, 0.15) is 0 Å². The minimum absolute atomic E-state index is 0.895. The number of allylic oxidation sites excluding steroid dienone is 12. The maximum absolute atomic E-state index is 4.00. The van der Waals surface area contributed by atoms with E-state index >= 15 is 0 Å². The van der Waals surface area contributed by atoms with Crippen molar-refractivity contribution in [3.05, 3.63) is 181 Å². The summed E-state index contributed by atoms with van der Waals surface area (Å²) < 4.78 is 0. The molecule has 224 valence electrons. The van der Waals surface area contributed by atoms with E-state index in [1.165, 1.54) is 27.8 Å². The average molecular weight is 571 g/mol. The number of nitrogens with one attached hydrogen (secondary N) is 2. The number of benzene rings is 3. The summed E-state index contributed by atoms with van der Waals surface area (Å²) in [5.41, 5.74) is 10.4. The van der Waals surface area contributed by atoms with Crippen molar-refractivity contribution in [3.63, 3.8) is 0 Å². The predicted molar refractivity (Wildman–Crippen MR) is 196 cm³/mol. The van der Waals surface area contributed by atoms with Gasteiger partial charge in [-0.05, 0) is 87.2 Å². The molecule has 3 rings (SSSR count). The molecule has 0 heterocycles. The molecule has 3 aromatic rings. The van der Waals surface area contributed by atoms with Gasteiger partial charge >= 0.3 is 0 Å². The maximum Gasteiger partial charge on any atom is 0.0463 e. The Hall–Kier alpha value is -4.82. The Morgan fingerprint density at radius 1 is 0.767 bits per heavy atom. The number of anilines is 3. The van der Waals surface area contributed by atoms with E-state index in [0.717, 1.165) is 29.2 Å². The Morgan fingerprint density at radius 2 is 1.37 bits per heavy atom. The fraction of sp³-hybridized carbons (Fsp3) is 0.171. The van der Waals surface area contributed by atoms with Crippen LogP contribution < -0.4 is 10.6 Å². The van der Waals surface area contributed by atoms with E-state index < -0.39 is 0 Å². The molecule has 0 atom stereocenters. The van der Waals surface area contributed by atoms with Crippen molar-refractivity contribution in [1.82, 2.24) is 0 Å². The summed E-state index contributed by atoms with van der Waals surface area (Å²) in [6, 6.07) is 25.3. The number of hydrogen-bond acceptors (Lipinski definition) is 2. The molecule has 0 aliphatic carbocycles. The average Bonchev–Trinajstić information content (AvgIpc) is 3.04. The number of para-hydroxylation sites is 2. The summed E-state index contributed by atoms with van der Waals surface area (Å²) >= 11 is 0. The zero-order valence-corrected chi connectivity index (χ0v) is 27.0. The summed E-state index contributed by atoms with van der Waals surface area (Å²) in [5, 5.41) is 7.04. The van der Waals surface area contributed by atoms with Crippen molar-refractivity contribution in [2.45, 2.75) is 48.0 Å². The van der Waals surface area contributed by atoms with Gasteiger partial charge in [0.15, 0.2) is 0 Å². The van der Waals surface area contributed by atoms with Gasteiger partial charge in [-0.2, -0.15) is 0 Å². The molecule has 0 saturated heterocycles. The zero-order chi connectivity index (χ0) is 31.9. The van der Waals surface area contributed by atoms with Crippen LogP contribution in [0.3, 0.4) is 0 Å². The molecular formula is C41H50N2. The largest absolute Gasteiger partial charge is 0.355 e. The molecule has 0 aromatic heterocycles. The van der Waals surface area contributed by atoms with Crippen LogP contribution in [0, 0.1) is 6.92 Å². The van der Waals surface area contributed by atoms with Crippen LogP contribution in [0.4, 0.5) is 17.1 Å². The number of aryl methyl sites for hydroxylation is 1. The second-order valence-corrected chi connectivity index (χ2v) is 9.42. The van der Waals surface area contributed by atoms with Gasteiger partial charge in [-0.3, -0.25) is 0 Å². The molecule has 0 saturated carbocycles. The van der Waals surface area contributed by atoms with E-state index in [0.29, 0.717) is 0 Å². The topological polar surface area (TPSA) is 24.1 Å². The highest BCUT2D eigenvalue weighted by molar-refractivity contribution is 5.82. The third kappa shape index (κ3) is 13.6.